The van der Waals surface area contributed by atoms with Gasteiger partial charge in [-0.25, -0.2) is 4.90 Å². The maximum Gasteiger partial charge on any atom is 0.282 e. The summed E-state index contributed by atoms with van der Waals surface area (Å²) >= 11 is 0. The Hall–Kier alpha value is -3.66. The van der Waals surface area contributed by atoms with Crippen LogP contribution < -0.4 is 10.2 Å². The molecular weight excluding hydrogens is 396 g/mol. The number of hydrogen-bond donors (Lipinski definition) is 1. The summed E-state index contributed by atoms with van der Waals surface area (Å²) in [5, 5.41) is 3.25. The lowest BCUT2D eigenvalue weighted by Crippen LogP contribution is -2.33. The Morgan fingerprint density at radius 3 is 2.03 bits per heavy atom. The molecule has 0 fully saturated rings. The molecule has 0 aliphatic carbocycles. The van der Waals surface area contributed by atoms with E-state index in [0.717, 1.165) is 16.8 Å². The topological polar surface area (TPSA) is 49.4 Å². The van der Waals surface area contributed by atoms with Gasteiger partial charge in [-0.1, -0.05) is 80.9 Å². The molecule has 1 aliphatic heterocycles. The molecule has 0 bridgehead atoms. The first-order valence-corrected chi connectivity index (χ1v) is 10.8. The summed E-state index contributed by atoms with van der Waals surface area (Å²) in [6.45, 7) is 10.4. The molecule has 2 amide bonds. The second kappa shape index (κ2) is 8.12. The maximum absolute atomic E-state index is 13.6. The fourth-order valence-corrected chi connectivity index (χ4v) is 3.99. The molecule has 3 aromatic carbocycles. The van der Waals surface area contributed by atoms with Gasteiger partial charge in [-0.05, 0) is 54.2 Å². The van der Waals surface area contributed by atoms with Gasteiger partial charge in [0.1, 0.15) is 5.70 Å². The molecule has 1 heterocycles. The third-order valence-corrected chi connectivity index (χ3v) is 5.76. The summed E-state index contributed by atoms with van der Waals surface area (Å²) in [7, 11) is 0. The minimum absolute atomic E-state index is 0.0336. The predicted molar refractivity (Wildman–Crippen MR) is 131 cm³/mol. The summed E-state index contributed by atoms with van der Waals surface area (Å²) in [4.78, 5) is 28.4. The lowest BCUT2D eigenvalue weighted by atomic mass is 9.87. The molecule has 1 N–H and O–H groups in total. The smallest absolute Gasteiger partial charge is 0.282 e. The highest BCUT2D eigenvalue weighted by molar-refractivity contribution is 6.46. The lowest BCUT2D eigenvalue weighted by molar-refractivity contribution is -0.120. The average Bonchev–Trinajstić information content (AvgIpc) is 2.98. The highest BCUT2D eigenvalue weighted by Gasteiger charge is 2.40. The van der Waals surface area contributed by atoms with Crippen LogP contribution in [-0.4, -0.2) is 11.8 Å². The van der Waals surface area contributed by atoms with E-state index in [2.05, 4.69) is 26.1 Å². The van der Waals surface area contributed by atoms with E-state index in [0.29, 0.717) is 22.5 Å². The SMILES string of the molecule is Cc1ccc(N2C(=O)C(Nc3ccc(C(C)(C)C)cc3)=C(c3ccccc3)C2=O)c(C)c1. The first kappa shape index (κ1) is 21.6. The van der Waals surface area contributed by atoms with Crippen molar-refractivity contribution < 1.29 is 9.59 Å². The van der Waals surface area contributed by atoms with Crippen LogP contribution in [0.1, 0.15) is 43.0 Å². The molecule has 4 heteroatoms. The van der Waals surface area contributed by atoms with E-state index in [1.54, 1.807) is 0 Å². The lowest BCUT2D eigenvalue weighted by Gasteiger charge is -2.20. The second-order valence-corrected chi connectivity index (χ2v) is 9.30. The van der Waals surface area contributed by atoms with Crippen LogP contribution in [0.3, 0.4) is 0 Å². The van der Waals surface area contributed by atoms with Crippen molar-refractivity contribution >= 4 is 28.8 Å². The number of amides is 2. The summed E-state index contributed by atoms with van der Waals surface area (Å²) in [6, 6.07) is 23.1. The van der Waals surface area contributed by atoms with E-state index in [4.69, 9.17) is 0 Å². The Kier molecular flexibility index (Phi) is 5.47. The van der Waals surface area contributed by atoms with Crippen LogP contribution in [0.25, 0.3) is 5.57 Å². The van der Waals surface area contributed by atoms with Gasteiger partial charge < -0.3 is 5.32 Å². The molecule has 1 aliphatic rings. The minimum Gasteiger partial charge on any atom is -0.350 e. The Bertz CT molecular complexity index is 1220. The standard InChI is InChI=1S/C28H28N2O2/c1-18-11-16-23(19(2)17-18)30-26(31)24(20-9-7-6-8-10-20)25(27(30)32)29-22-14-12-21(13-15-22)28(3,4)5/h6-17,29H,1-5H3. The monoisotopic (exact) mass is 424 g/mol. The van der Waals surface area contributed by atoms with Crippen LogP contribution in [0.15, 0.2) is 78.5 Å². The van der Waals surface area contributed by atoms with Crippen molar-refractivity contribution in [2.24, 2.45) is 0 Å². The van der Waals surface area contributed by atoms with Crippen molar-refractivity contribution in [3.05, 3.63) is 101 Å². The highest BCUT2D eigenvalue weighted by Crippen LogP contribution is 2.35. The van der Waals surface area contributed by atoms with Crippen LogP contribution in [0, 0.1) is 13.8 Å². The quantitative estimate of drug-likeness (QED) is 0.523. The number of nitrogens with zero attached hydrogens (tertiary/aromatic N) is 1. The fourth-order valence-electron chi connectivity index (χ4n) is 3.99. The zero-order valence-corrected chi connectivity index (χ0v) is 19.2. The normalized spacial score (nSPS) is 14.3. The number of anilines is 2. The van der Waals surface area contributed by atoms with Crippen molar-refractivity contribution in [2.75, 3.05) is 10.2 Å². The molecule has 0 unspecified atom stereocenters. The van der Waals surface area contributed by atoms with Crippen molar-refractivity contribution in [1.29, 1.82) is 0 Å². The number of imide groups is 1. The first-order valence-electron chi connectivity index (χ1n) is 10.8. The van der Waals surface area contributed by atoms with Crippen molar-refractivity contribution in [3.8, 4) is 0 Å². The number of nitrogens with one attached hydrogen (secondary N) is 1. The van der Waals surface area contributed by atoms with Gasteiger partial charge in [0.2, 0.25) is 0 Å². The van der Waals surface area contributed by atoms with Gasteiger partial charge in [-0.15, -0.1) is 0 Å². The summed E-state index contributed by atoms with van der Waals surface area (Å²) in [5.74, 6) is -0.664. The molecule has 0 atom stereocenters. The van der Waals surface area contributed by atoms with Gasteiger partial charge in [0, 0.05) is 5.69 Å². The van der Waals surface area contributed by atoms with Gasteiger partial charge in [0.15, 0.2) is 0 Å². The number of carbonyl (C=O) groups excluding carboxylic acids is 2. The Labute approximate surface area is 189 Å². The van der Waals surface area contributed by atoms with Gasteiger partial charge in [0.25, 0.3) is 11.8 Å². The van der Waals surface area contributed by atoms with Gasteiger partial charge in [-0.3, -0.25) is 9.59 Å². The van der Waals surface area contributed by atoms with Crippen LogP contribution in [0.2, 0.25) is 0 Å². The Balaban J connectivity index is 1.78. The third-order valence-electron chi connectivity index (χ3n) is 5.76. The largest absolute Gasteiger partial charge is 0.350 e. The van der Waals surface area contributed by atoms with Crippen LogP contribution >= 0.6 is 0 Å². The highest BCUT2D eigenvalue weighted by atomic mass is 16.2. The number of benzene rings is 3. The Morgan fingerprint density at radius 1 is 0.781 bits per heavy atom. The number of carbonyl (C=O) groups is 2. The Morgan fingerprint density at radius 2 is 1.44 bits per heavy atom. The maximum atomic E-state index is 13.6. The molecule has 162 valence electrons. The van der Waals surface area contributed by atoms with Gasteiger partial charge >= 0.3 is 0 Å². The van der Waals surface area contributed by atoms with Crippen LogP contribution in [0.5, 0.6) is 0 Å². The van der Waals surface area contributed by atoms with E-state index in [1.807, 2.05) is 86.6 Å². The zero-order chi connectivity index (χ0) is 23.0. The molecule has 32 heavy (non-hydrogen) atoms. The number of rotatable bonds is 4. The number of aryl methyl sites for hydroxylation is 2. The van der Waals surface area contributed by atoms with E-state index in [9.17, 15) is 9.59 Å². The molecular formula is C28H28N2O2. The van der Waals surface area contributed by atoms with E-state index < -0.39 is 0 Å². The van der Waals surface area contributed by atoms with Crippen molar-refractivity contribution in [1.82, 2.24) is 0 Å². The summed E-state index contributed by atoms with van der Waals surface area (Å²) in [6.07, 6.45) is 0. The second-order valence-electron chi connectivity index (χ2n) is 9.30. The molecule has 4 nitrogen and oxygen atoms in total. The molecule has 0 radical (unpaired) electrons. The van der Waals surface area contributed by atoms with Crippen molar-refractivity contribution in [2.45, 2.75) is 40.0 Å². The minimum atomic E-state index is -0.347. The molecule has 0 aromatic heterocycles. The molecule has 3 aromatic rings. The average molecular weight is 425 g/mol. The van der Waals surface area contributed by atoms with Gasteiger partial charge in [0.05, 0.1) is 11.3 Å². The van der Waals surface area contributed by atoms with Crippen LogP contribution in [0.4, 0.5) is 11.4 Å². The van der Waals surface area contributed by atoms with Crippen LogP contribution in [-0.2, 0) is 15.0 Å². The van der Waals surface area contributed by atoms with Crippen molar-refractivity contribution in [3.63, 3.8) is 0 Å². The summed E-state index contributed by atoms with van der Waals surface area (Å²) in [5.41, 5.74) is 5.97. The van der Waals surface area contributed by atoms with Gasteiger partial charge in [-0.2, -0.15) is 0 Å². The van der Waals surface area contributed by atoms with E-state index in [1.165, 1.54) is 10.5 Å². The number of hydrogen-bond acceptors (Lipinski definition) is 3. The molecule has 4 rings (SSSR count). The fraction of sp³-hybridized carbons (Fsp3) is 0.214. The molecule has 0 saturated heterocycles. The molecule has 0 spiro atoms. The third kappa shape index (κ3) is 3.96. The summed E-state index contributed by atoms with van der Waals surface area (Å²) < 4.78 is 0. The predicted octanol–water partition coefficient (Wildman–Crippen LogP) is 6.00. The zero-order valence-electron chi connectivity index (χ0n) is 19.2. The molecule has 0 saturated carbocycles. The van der Waals surface area contributed by atoms with E-state index in [-0.39, 0.29) is 17.2 Å². The first-order chi connectivity index (χ1) is 15.2. The van der Waals surface area contributed by atoms with E-state index >= 15 is 0 Å².